The van der Waals surface area contributed by atoms with E-state index in [4.69, 9.17) is 5.73 Å². The number of benzene rings is 4. The quantitative estimate of drug-likeness (QED) is 0.0422. The number of amides is 5. The van der Waals surface area contributed by atoms with Crippen molar-refractivity contribution in [3.05, 3.63) is 101 Å². The second-order valence-electron chi connectivity index (χ2n) is 17.8. The van der Waals surface area contributed by atoms with E-state index in [2.05, 4.69) is 40.3 Å². The number of Topliss-reactive ketones (excluding diaryl/α,β-unsaturated/α-hetero) is 1. The lowest BCUT2D eigenvalue weighted by Gasteiger charge is -2.32. The highest BCUT2D eigenvalue weighted by Crippen LogP contribution is 2.39. The Morgan fingerprint density at radius 1 is 0.765 bits per heavy atom. The van der Waals surface area contributed by atoms with E-state index in [1.807, 2.05) is 12.1 Å². The second-order valence-corrected chi connectivity index (χ2v) is 17.8. The largest absolute Gasteiger partial charge is 0.507 e. The van der Waals surface area contributed by atoms with E-state index in [1.54, 1.807) is 24.3 Å². The molecule has 68 heavy (non-hydrogen) atoms. The number of aryl methyl sites for hydroxylation is 1. The van der Waals surface area contributed by atoms with Gasteiger partial charge in [-0.25, -0.2) is 0 Å². The molecule has 4 atom stereocenters. The molecule has 0 unspecified atom stereocenters. The number of carbonyl (C=O) groups excluding carboxylic acids is 6. The first-order valence-electron chi connectivity index (χ1n) is 23.8. The molecule has 4 aromatic carbocycles. The Hall–Kier alpha value is -6.74. The molecule has 15 heteroatoms. The lowest BCUT2D eigenvalue weighted by Crippen LogP contribution is -2.54. The van der Waals surface area contributed by atoms with E-state index < -0.39 is 53.7 Å². The number of ketones is 1. The Morgan fingerprint density at radius 2 is 1.44 bits per heavy atom. The number of hydrogen-bond acceptors (Lipinski definition) is 10. The highest BCUT2D eigenvalue weighted by molar-refractivity contribution is 5.97. The van der Waals surface area contributed by atoms with Crippen LogP contribution in [0, 0.1) is 0 Å². The van der Waals surface area contributed by atoms with Crippen LogP contribution in [0.1, 0.15) is 124 Å². The van der Waals surface area contributed by atoms with Gasteiger partial charge in [-0.1, -0.05) is 81.8 Å². The van der Waals surface area contributed by atoms with Crippen LogP contribution in [0.2, 0.25) is 0 Å². The number of likely N-dealkylation sites (N-methyl/N-ethyl adjacent to an activating group) is 1. The molecule has 0 aliphatic carbocycles. The molecule has 0 aromatic heterocycles. The zero-order valence-electron chi connectivity index (χ0n) is 39.7. The van der Waals surface area contributed by atoms with Gasteiger partial charge in [0.05, 0.1) is 6.04 Å². The summed E-state index contributed by atoms with van der Waals surface area (Å²) in [6.07, 6.45) is 10.7. The van der Waals surface area contributed by atoms with Crippen molar-refractivity contribution in [2.45, 2.75) is 128 Å². The summed E-state index contributed by atoms with van der Waals surface area (Å²) in [6, 6.07) is 16.9. The average molecular weight is 933 g/mol. The first kappa shape index (κ1) is 52.2. The molecule has 1 aliphatic heterocycles. The number of nitrogens with zero attached hydrogens (tertiary/aromatic N) is 1. The van der Waals surface area contributed by atoms with Crippen LogP contribution in [-0.2, 0) is 36.8 Å². The number of aromatic hydroxyl groups is 3. The number of rotatable bonds is 21. The summed E-state index contributed by atoms with van der Waals surface area (Å²) in [5, 5.41) is 43.7. The summed E-state index contributed by atoms with van der Waals surface area (Å²) in [6.45, 7) is 5.23. The smallest absolute Gasteiger partial charge is 0.251 e. The number of carbonyl (C=O) groups is 6. The molecule has 364 valence electrons. The van der Waals surface area contributed by atoms with Crippen LogP contribution < -0.4 is 27.0 Å². The summed E-state index contributed by atoms with van der Waals surface area (Å²) in [5.41, 5.74) is 9.75. The summed E-state index contributed by atoms with van der Waals surface area (Å²) in [4.78, 5) is 82.4. The topological polar surface area (TPSA) is 240 Å². The van der Waals surface area contributed by atoms with Crippen molar-refractivity contribution in [2.75, 3.05) is 20.1 Å². The van der Waals surface area contributed by atoms with Gasteiger partial charge in [-0.15, -0.1) is 0 Å². The number of nitrogens with two attached hydrogens (primary N) is 1. The molecule has 0 saturated heterocycles. The summed E-state index contributed by atoms with van der Waals surface area (Å²) >= 11 is 0. The minimum absolute atomic E-state index is 0.0606. The SMILES string of the molecule is CCCCCCCCCc1ccc(-c2ccc(C(=O)NCCC(=O)N[C@@H](CCCCN)C(=O)N(C)[C@@H]3C(=O)N[C@@H](C)C(=O)N[C@H](C(C)=O)Cc4ccc(O)c(c4)-c4cc3ccc4O)cc2O)cc1. The Bertz CT molecular complexity index is 2400. The van der Waals surface area contributed by atoms with Crippen LogP contribution in [0.25, 0.3) is 22.3 Å². The van der Waals surface area contributed by atoms with Gasteiger partial charge < -0.3 is 47.2 Å². The normalized spacial score (nSPS) is 16.4. The summed E-state index contributed by atoms with van der Waals surface area (Å²) in [7, 11) is 1.38. The van der Waals surface area contributed by atoms with Gasteiger partial charge in [0.15, 0.2) is 5.78 Å². The number of unbranched alkanes of at least 4 members (excludes halogenated alkanes) is 7. The van der Waals surface area contributed by atoms with E-state index in [-0.39, 0.29) is 71.1 Å². The number of nitrogens with one attached hydrogen (secondary N) is 4. The number of phenolic OH excluding ortho intramolecular Hbond substituents is 3. The molecule has 1 heterocycles. The molecule has 0 saturated carbocycles. The van der Waals surface area contributed by atoms with Crippen molar-refractivity contribution in [1.82, 2.24) is 26.2 Å². The van der Waals surface area contributed by atoms with E-state index in [9.17, 15) is 44.1 Å². The molecule has 0 fully saturated rings. The van der Waals surface area contributed by atoms with Gasteiger partial charge in [-0.3, -0.25) is 28.8 Å². The van der Waals surface area contributed by atoms with Gasteiger partial charge in [0.1, 0.15) is 35.4 Å². The molecule has 0 spiro atoms. The number of hydrogen-bond donors (Lipinski definition) is 8. The Kier molecular flexibility index (Phi) is 19.5. The monoisotopic (exact) mass is 933 g/mol. The Labute approximate surface area is 399 Å². The van der Waals surface area contributed by atoms with Crippen molar-refractivity contribution in [3.8, 4) is 39.5 Å². The molecule has 5 rings (SSSR count). The molecule has 9 N–H and O–H groups in total. The lowest BCUT2D eigenvalue weighted by molar-refractivity contribution is -0.143. The van der Waals surface area contributed by atoms with Crippen molar-refractivity contribution >= 4 is 35.3 Å². The van der Waals surface area contributed by atoms with Crippen LogP contribution >= 0.6 is 0 Å². The van der Waals surface area contributed by atoms with Crippen LogP contribution in [0.3, 0.4) is 0 Å². The maximum absolute atomic E-state index is 14.5. The third-order valence-electron chi connectivity index (χ3n) is 12.5. The minimum atomic E-state index is -1.41. The summed E-state index contributed by atoms with van der Waals surface area (Å²) in [5.74, 6) is -3.94. The standard InChI is InChI=1S/C53H68N6O9/c1-5-6-7-8-9-10-11-14-35-16-19-37(20-17-35)40-23-21-39(32-47(40)63)51(66)55-28-26-48(64)57-43(15-12-13-27-54)53(68)59(4)49-38-22-25-46(62)42(31-38)41-29-36(18-24-45(41)61)30-44(34(3)60)58-50(65)33(2)56-52(49)67/h16-25,29,31-33,43-44,49,61-63H,5-15,26-28,30,54H2,1-4H3,(H,55,66)(H,56,67)(H,57,64)(H,58,65)/t33-,43-,44-,49-/m0/s1. The molecular formula is C53H68N6O9. The van der Waals surface area contributed by atoms with Crippen LogP contribution in [0.5, 0.6) is 17.2 Å². The zero-order valence-corrected chi connectivity index (χ0v) is 39.7. The summed E-state index contributed by atoms with van der Waals surface area (Å²) < 4.78 is 0. The first-order chi connectivity index (χ1) is 32.6. The minimum Gasteiger partial charge on any atom is -0.507 e. The predicted octanol–water partition coefficient (Wildman–Crippen LogP) is 6.50. The molecule has 1 aliphatic rings. The van der Waals surface area contributed by atoms with Gasteiger partial charge in [0, 0.05) is 42.3 Å². The van der Waals surface area contributed by atoms with Crippen molar-refractivity contribution in [2.24, 2.45) is 5.73 Å². The molecule has 4 aromatic rings. The highest BCUT2D eigenvalue weighted by Gasteiger charge is 2.35. The fourth-order valence-electron chi connectivity index (χ4n) is 8.44. The van der Waals surface area contributed by atoms with E-state index in [0.29, 0.717) is 30.5 Å². The fraction of sp³-hybridized carbons (Fsp3) is 0.434. The average Bonchev–Trinajstić information content (AvgIpc) is 3.31. The van der Waals surface area contributed by atoms with Crippen molar-refractivity contribution in [3.63, 3.8) is 0 Å². The van der Waals surface area contributed by atoms with Crippen molar-refractivity contribution < 1.29 is 44.1 Å². The third-order valence-corrected chi connectivity index (χ3v) is 12.5. The van der Waals surface area contributed by atoms with Gasteiger partial charge in [0.2, 0.25) is 23.6 Å². The van der Waals surface area contributed by atoms with Gasteiger partial charge in [-0.05, 0) is 124 Å². The highest BCUT2D eigenvalue weighted by atomic mass is 16.3. The van der Waals surface area contributed by atoms with Gasteiger partial charge in [-0.2, -0.15) is 0 Å². The van der Waals surface area contributed by atoms with E-state index >= 15 is 0 Å². The maximum atomic E-state index is 14.5. The molecule has 5 amide bonds. The van der Waals surface area contributed by atoms with Crippen molar-refractivity contribution in [1.29, 1.82) is 0 Å². The Balaban J connectivity index is 1.26. The predicted molar refractivity (Wildman–Crippen MR) is 262 cm³/mol. The number of phenols is 3. The Morgan fingerprint density at radius 3 is 2.12 bits per heavy atom. The van der Waals surface area contributed by atoms with Gasteiger partial charge >= 0.3 is 0 Å². The molecule has 4 bridgehead atoms. The maximum Gasteiger partial charge on any atom is 0.251 e. The second kappa shape index (κ2) is 25.4. The fourth-order valence-corrected chi connectivity index (χ4v) is 8.44. The lowest BCUT2D eigenvalue weighted by atomic mass is 9.93. The molecular weight excluding hydrogens is 865 g/mol. The zero-order chi connectivity index (χ0) is 49.3. The van der Waals surface area contributed by atoms with Crippen LogP contribution in [-0.4, -0.2) is 93.8 Å². The number of fused-ring (bicyclic) bond motifs is 5. The van der Waals surface area contributed by atoms with E-state index in [1.165, 1.54) is 95.3 Å². The third kappa shape index (κ3) is 14.4. The molecule has 0 radical (unpaired) electrons. The molecule has 15 nitrogen and oxygen atoms in total. The van der Waals surface area contributed by atoms with Gasteiger partial charge in [0.25, 0.3) is 5.91 Å². The van der Waals surface area contributed by atoms with Crippen LogP contribution in [0.4, 0.5) is 0 Å². The van der Waals surface area contributed by atoms with Crippen LogP contribution in [0.15, 0.2) is 78.9 Å². The van der Waals surface area contributed by atoms with E-state index in [0.717, 1.165) is 23.3 Å². The first-order valence-corrected chi connectivity index (χ1v) is 23.8.